The number of nitrogens with one attached hydrogen (secondary N) is 2. The van der Waals surface area contributed by atoms with Crippen LogP contribution in [0.3, 0.4) is 0 Å². The highest BCUT2D eigenvalue weighted by atomic mass is 19.1. The van der Waals surface area contributed by atoms with Crippen molar-refractivity contribution >= 4 is 17.8 Å². The molecule has 1 aromatic rings. The number of imide groups is 1. The van der Waals surface area contributed by atoms with E-state index in [1.165, 1.54) is 12.1 Å². The fourth-order valence-corrected chi connectivity index (χ4v) is 3.62. The second-order valence-corrected chi connectivity index (χ2v) is 6.50. The minimum Gasteiger partial charge on any atom is -0.339 e. The summed E-state index contributed by atoms with van der Waals surface area (Å²) < 4.78 is 13.3. The van der Waals surface area contributed by atoms with Crippen LogP contribution >= 0.6 is 0 Å². The Hall–Kier alpha value is -2.44. The number of amides is 4. The zero-order chi connectivity index (χ0) is 16.2. The summed E-state index contributed by atoms with van der Waals surface area (Å²) in [7, 11) is 0. The van der Waals surface area contributed by atoms with Crippen LogP contribution in [0.5, 0.6) is 0 Å². The standard InChI is InChI=1S/C16H16FN3O3/c17-10-3-1-2-9(6-10)11-7-12(11)13(21)20-5-4-16(8-20)14(22)18-15(23)19-16/h1-3,6,11-12H,4-5,7-8H2,(H2,18,19,22,23)/t11-,12+,16-/m1/s1. The summed E-state index contributed by atoms with van der Waals surface area (Å²) in [6, 6.07) is 5.82. The summed E-state index contributed by atoms with van der Waals surface area (Å²) in [6.45, 7) is 0.648. The molecule has 0 bridgehead atoms. The molecule has 3 fully saturated rings. The number of nitrogens with zero attached hydrogens (tertiary/aromatic N) is 1. The highest BCUT2D eigenvalue weighted by Crippen LogP contribution is 2.49. The number of rotatable bonds is 2. The van der Waals surface area contributed by atoms with Gasteiger partial charge < -0.3 is 10.2 Å². The molecule has 1 aliphatic carbocycles. The van der Waals surface area contributed by atoms with Gasteiger partial charge >= 0.3 is 6.03 Å². The van der Waals surface area contributed by atoms with Gasteiger partial charge in [0.2, 0.25) is 5.91 Å². The molecule has 0 radical (unpaired) electrons. The van der Waals surface area contributed by atoms with Crippen molar-refractivity contribution in [2.24, 2.45) is 5.92 Å². The van der Waals surface area contributed by atoms with Gasteiger partial charge in [0.1, 0.15) is 11.4 Å². The Morgan fingerprint density at radius 3 is 2.87 bits per heavy atom. The molecule has 1 aromatic carbocycles. The van der Waals surface area contributed by atoms with Gasteiger partial charge in [0.25, 0.3) is 5.91 Å². The van der Waals surface area contributed by atoms with Gasteiger partial charge in [-0.15, -0.1) is 0 Å². The maximum atomic E-state index is 13.3. The van der Waals surface area contributed by atoms with Crippen LogP contribution in [0, 0.1) is 11.7 Å². The van der Waals surface area contributed by atoms with E-state index in [1.807, 2.05) is 6.07 Å². The molecule has 1 saturated carbocycles. The van der Waals surface area contributed by atoms with Crippen LogP contribution in [-0.4, -0.2) is 41.4 Å². The number of hydrogen-bond acceptors (Lipinski definition) is 3. The van der Waals surface area contributed by atoms with Gasteiger partial charge in [-0.2, -0.15) is 0 Å². The van der Waals surface area contributed by atoms with Crippen molar-refractivity contribution in [2.75, 3.05) is 13.1 Å². The molecule has 6 nitrogen and oxygen atoms in total. The Labute approximate surface area is 132 Å². The molecule has 2 N–H and O–H groups in total. The van der Waals surface area contributed by atoms with Crippen LogP contribution < -0.4 is 10.6 Å². The number of carbonyl (C=O) groups is 3. The molecule has 23 heavy (non-hydrogen) atoms. The second-order valence-electron chi connectivity index (χ2n) is 6.50. The third-order valence-corrected chi connectivity index (χ3v) is 4.98. The highest BCUT2D eigenvalue weighted by molar-refractivity contribution is 6.07. The third-order valence-electron chi connectivity index (χ3n) is 4.98. The molecule has 3 aliphatic rings. The molecule has 0 unspecified atom stereocenters. The second kappa shape index (κ2) is 4.78. The molecule has 2 aliphatic heterocycles. The monoisotopic (exact) mass is 317 g/mol. The molecule has 4 amide bonds. The quantitative estimate of drug-likeness (QED) is 0.790. The van der Waals surface area contributed by atoms with Crippen molar-refractivity contribution in [1.82, 2.24) is 15.5 Å². The topological polar surface area (TPSA) is 78.5 Å². The van der Waals surface area contributed by atoms with E-state index in [4.69, 9.17) is 0 Å². The fourth-order valence-electron chi connectivity index (χ4n) is 3.62. The van der Waals surface area contributed by atoms with Crippen LogP contribution in [0.15, 0.2) is 24.3 Å². The van der Waals surface area contributed by atoms with E-state index in [1.54, 1.807) is 11.0 Å². The summed E-state index contributed by atoms with van der Waals surface area (Å²) in [6.07, 6.45) is 1.12. The van der Waals surface area contributed by atoms with Crippen molar-refractivity contribution in [3.8, 4) is 0 Å². The Bertz CT molecular complexity index is 722. The minimum absolute atomic E-state index is 0.0231. The number of likely N-dealkylation sites (tertiary alicyclic amines) is 1. The largest absolute Gasteiger partial charge is 0.339 e. The Morgan fingerprint density at radius 2 is 2.17 bits per heavy atom. The molecule has 2 heterocycles. The number of halogens is 1. The van der Waals surface area contributed by atoms with Gasteiger partial charge in [-0.25, -0.2) is 9.18 Å². The lowest BCUT2D eigenvalue weighted by Crippen LogP contribution is -2.49. The smallest absolute Gasteiger partial charge is 0.322 e. The maximum absolute atomic E-state index is 13.3. The first-order valence-corrected chi connectivity index (χ1v) is 7.66. The molecule has 2 saturated heterocycles. The lowest BCUT2D eigenvalue weighted by atomic mass is 9.99. The Morgan fingerprint density at radius 1 is 1.35 bits per heavy atom. The van der Waals surface area contributed by atoms with Crippen molar-refractivity contribution in [3.05, 3.63) is 35.6 Å². The first-order valence-electron chi connectivity index (χ1n) is 7.66. The van der Waals surface area contributed by atoms with E-state index >= 15 is 0 Å². The Kier molecular flexibility index (Phi) is 2.94. The average Bonchev–Trinajstić information content (AvgIpc) is 3.12. The minimum atomic E-state index is -0.976. The molecule has 0 aromatic heterocycles. The van der Waals surface area contributed by atoms with Crippen molar-refractivity contribution in [3.63, 3.8) is 0 Å². The number of carbonyl (C=O) groups excluding carboxylic acids is 3. The molecule has 4 rings (SSSR count). The summed E-state index contributed by atoms with van der Waals surface area (Å²) >= 11 is 0. The SMILES string of the molecule is O=C1NC(=O)[C@]2(CCN(C(=O)[C@H]3C[C@@H]3c3cccc(F)c3)C2)N1. The molecule has 120 valence electrons. The summed E-state index contributed by atoms with van der Waals surface area (Å²) in [5, 5.41) is 4.86. The van der Waals surface area contributed by atoms with Gasteiger partial charge in [-0.05, 0) is 36.5 Å². The predicted octanol–water partition coefficient (Wildman–Crippen LogP) is 0.740. The van der Waals surface area contributed by atoms with Gasteiger partial charge in [-0.3, -0.25) is 14.9 Å². The molecule has 1 spiro atoms. The molecule has 7 heteroatoms. The van der Waals surface area contributed by atoms with E-state index in [2.05, 4.69) is 10.6 Å². The van der Waals surface area contributed by atoms with Crippen LogP contribution in [0.2, 0.25) is 0 Å². The van der Waals surface area contributed by atoms with Crippen molar-refractivity contribution in [1.29, 1.82) is 0 Å². The van der Waals surface area contributed by atoms with E-state index < -0.39 is 11.6 Å². The molecule has 3 atom stereocenters. The van der Waals surface area contributed by atoms with E-state index in [-0.39, 0.29) is 36.0 Å². The number of benzene rings is 1. The van der Waals surface area contributed by atoms with Crippen LogP contribution in [0.4, 0.5) is 9.18 Å². The van der Waals surface area contributed by atoms with Gasteiger partial charge in [-0.1, -0.05) is 12.1 Å². The van der Waals surface area contributed by atoms with E-state index in [0.29, 0.717) is 19.4 Å². The lowest BCUT2D eigenvalue weighted by Gasteiger charge is -2.21. The summed E-state index contributed by atoms with van der Waals surface area (Å²) in [5.74, 6) is -0.805. The van der Waals surface area contributed by atoms with Crippen LogP contribution in [0.1, 0.15) is 24.3 Å². The third kappa shape index (κ3) is 2.27. The number of urea groups is 1. The van der Waals surface area contributed by atoms with Crippen molar-refractivity contribution in [2.45, 2.75) is 24.3 Å². The highest BCUT2D eigenvalue weighted by Gasteiger charge is 2.54. The lowest BCUT2D eigenvalue weighted by molar-refractivity contribution is -0.132. The normalized spacial score (nSPS) is 32.1. The summed E-state index contributed by atoms with van der Waals surface area (Å²) in [5.41, 5.74) is -0.139. The molecular formula is C16H16FN3O3. The maximum Gasteiger partial charge on any atom is 0.322 e. The van der Waals surface area contributed by atoms with Crippen LogP contribution in [-0.2, 0) is 9.59 Å². The van der Waals surface area contributed by atoms with Crippen LogP contribution in [0.25, 0.3) is 0 Å². The van der Waals surface area contributed by atoms with E-state index in [9.17, 15) is 18.8 Å². The zero-order valence-corrected chi connectivity index (χ0v) is 12.3. The first kappa shape index (κ1) is 14.2. The number of hydrogen-bond donors (Lipinski definition) is 2. The average molecular weight is 317 g/mol. The first-order chi connectivity index (χ1) is 11.0. The van der Waals surface area contributed by atoms with E-state index in [0.717, 1.165) is 5.56 Å². The van der Waals surface area contributed by atoms with Gasteiger partial charge in [0.15, 0.2) is 0 Å². The molecular weight excluding hydrogens is 301 g/mol. The van der Waals surface area contributed by atoms with Gasteiger partial charge in [0, 0.05) is 12.5 Å². The van der Waals surface area contributed by atoms with Gasteiger partial charge in [0.05, 0.1) is 6.54 Å². The zero-order valence-electron chi connectivity index (χ0n) is 12.3. The Balaban J connectivity index is 1.44. The fraction of sp³-hybridized carbons (Fsp3) is 0.438. The predicted molar refractivity (Wildman–Crippen MR) is 77.9 cm³/mol. The summed E-state index contributed by atoms with van der Waals surface area (Å²) in [4.78, 5) is 37.5. The van der Waals surface area contributed by atoms with Crippen molar-refractivity contribution < 1.29 is 18.8 Å².